The van der Waals surface area contributed by atoms with Gasteiger partial charge < -0.3 is 0 Å². The van der Waals surface area contributed by atoms with Crippen LogP contribution >= 0.6 is 0 Å². The first-order valence-electron chi connectivity index (χ1n) is 5.85. The minimum absolute atomic E-state index is 0.574. The molecule has 0 radical (unpaired) electrons. The molecule has 2 aromatic carbocycles. The SMILES string of the molecule is CC(C)[C+]1c2ccccc2-c2ccccc21. The topological polar surface area (TPSA) is 0 Å². The molecular formula is C16H15+. The van der Waals surface area contributed by atoms with Crippen molar-refractivity contribution in [3.8, 4) is 11.1 Å². The lowest BCUT2D eigenvalue weighted by Gasteiger charge is -2.11. The van der Waals surface area contributed by atoms with Crippen molar-refractivity contribution < 1.29 is 0 Å². The first-order valence-corrected chi connectivity index (χ1v) is 5.85. The monoisotopic (exact) mass is 207 g/mol. The molecule has 0 unspecified atom stereocenters. The first kappa shape index (κ1) is 9.53. The van der Waals surface area contributed by atoms with Gasteiger partial charge in [-0.05, 0) is 36.4 Å². The van der Waals surface area contributed by atoms with Gasteiger partial charge in [-0.15, -0.1) is 0 Å². The molecule has 16 heavy (non-hydrogen) atoms. The summed E-state index contributed by atoms with van der Waals surface area (Å²) in [5, 5.41) is 0. The average Bonchev–Trinajstić information content (AvgIpc) is 2.63. The van der Waals surface area contributed by atoms with Gasteiger partial charge in [0.2, 0.25) is 0 Å². The Morgan fingerprint density at radius 3 is 1.62 bits per heavy atom. The van der Waals surface area contributed by atoms with Crippen LogP contribution in [0.4, 0.5) is 0 Å². The molecule has 0 nitrogen and oxygen atoms in total. The molecule has 0 saturated heterocycles. The van der Waals surface area contributed by atoms with E-state index in [0.29, 0.717) is 5.92 Å². The lowest BCUT2D eigenvalue weighted by atomic mass is 9.87. The molecule has 0 spiro atoms. The Hall–Kier alpha value is -1.69. The fraction of sp³-hybridized carbons (Fsp3) is 0.188. The Bertz CT molecular complexity index is 478. The third kappa shape index (κ3) is 1.19. The molecule has 0 heterocycles. The Morgan fingerprint density at radius 2 is 1.19 bits per heavy atom. The summed E-state index contributed by atoms with van der Waals surface area (Å²) in [7, 11) is 0. The summed E-state index contributed by atoms with van der Waals surface area (Å²) in [6, 6.07) is 17.4. The lowest BCUT2D eigenvalue weighted by Crippen LogP contribution is -2.05. The number of fused-ring (bicyclic) bond motifs is 3. The second kappa shape index (κ2) is 3.41. The van der Waals surface area contributed by atoms with Gasteiger partial charge in [0.25, 0.3) is 0 Å². The van der Waals surface area contributed by atoms with Gasteiger partial charge in [0, 0.05) is 24.0 Å². The van der Waals surface area contributed by atoms with E-state index in [1.807, 2.05) is 0 Å². The molecule has 0 amide bonds. The molecule has 0 atom stereocenters. The molecular weight excluding hydrogens is 192 g/mol. The maximum Gasteiger partial charge on any atom is 0.0919 e. The number of rotatable bonds is 1. The van der Waals surface area contributed by atoms with Gasteiger partial charge in [-0.1, -0.05) is 13.8 Å². The van der Waals surface area contributed by atoms with Crippen LogP contribution < -0.4 is 0 Å². The zero-order valence-electron chi connectivity index (χ0n) is 9.70. The molecule has 0 saturated carbocycles. The van der Waals surface area contributed by atoms with E-state index in [0.717, 1.165) is 0 Å². The van der Waals surface area contributed by atoms with Crippen LogP contribution in [0.1, 0.15) is 25.0 Å². The zero-order valence-corrected chi connectivity index (χ0v) is 9.70. The summed E-state index contributed by atoms with van der Waals surface area (Å²) in [5.41, 5.74) is 5.61. The van der Waals surface area contributed by atoms with Crippen molar-refractivity contribution in [2.75, 3.05) is 0 Å². The van der Waals surface area contributed by atoms with Crippen molar-refractivity contribution in [2.24, 2.45) is 5.92 Å². The highest BCUT2D eigenvalue weighted by atomic mass is 14.3. The van der Waals surface area contributed by atoms with Gasteiger partial charge in [0.15, 0.2) is 0 Å². The van der Waals surface area contributed by atoms with Crippen molar-refractivity contribution in [3.63, 3.8) is 0 Å². The largest absolute Gasteiger partial charge is 0.0919 e. The van der Waals surface area contributed by atoms with Crippen molar-refractivity contribution >= 4 is 0 Å². The molecule has 0 bridgehead atoms. The predicted octanol–water partition coefficient (Wildman–Crippen LogP) is 4.29. The fourth-order valence-electron chi connectivity index (χ4n) is 2.67. The molecule has 1 aliphatic rings. The zero-order chi connectivity index (χ0) is 11.1. The first-order chi connectivity index (χ1) is 7.79. The molecule has 2 aromatic rings. The number of benzene rings is 2. The van der Waals surface area contributed by atoms with Crippen LogP contribution in [-0.4, -0.2) is 0 Å². The maximum atomic E-state index is 2.27. The van der Waals surface area contributed by atoms with Crippen LogP contribution in [0.25, 0.3) is 11.1 Å². The molecule has 0 fully saturated rings. The second-order valence-corrected chi connectivity index (χ2v) is 4.66. The summed E-state index contributed by atoms with van der Waals surface area (Å²) in [6.07, 6.45) is 0. The molecule has 78 valence electrons. The molecule has 0 heteroatoms. The Labute approximate surface area is 96.9 Å². The Balaban J connectivity index is 2.30. The summed E-state index contributed by atoms with van der Waals surface area (Å²) < 4.78 is 0. The number of hydrogen-bond acceptors (Lipinski definition) is 0. The van der Waals surface area contributed by atoms with Gasteiger partial charge in [-0.2, -0.15) is 0 Å². The van der Waals surface area contributed by atoms with Crippen molar-refractivity contribution in [3.05, 3.63) is 65.6 Å². The molecule has 1 aliphatic carbocycles. The van der Waals surface area contributed by atoms with E-state index >= 15 is 0 Å². The van der Waals surface area contributed by atoms with Crippen LogP contribution in [0.3, 0.4) is 0 Å². The van der Waals surface area contributed by atoms with E-state index in [1.54, 1.807) is 0 Å². The minimum Gasteiger partial charge on any atom is -0.0516 e. The molecule has 3 rings (SSSR count). The second-order valence-electron chi connectivity index (χ2n) is 4.66. The molecule has 0 N–H and O–H groups in total. The smallest absolute Gasteiger partial charge is 0.0516 e. The number of hydrogen-bond donors (Lipinski definition) is 0. The maximum absolute atomic E-state index is 2.27. The van der Waals surface area contributed by atoms with Gasteiger partial charge in [-0.3, -0.25) is 0 Å². The molecule has 0 aliphatic heterocycles. The third-order valence-electron chi connectivity index (χ3n) is 3.30. The quantitative estimate of drug-likeness (QED) is 0.612. The normalized spacial score (nSPS) is 12.8. The van der Waals surface area contributed by atoms with Crippen molar-refractivity contribution in [1.29, 1.82) is 0 Å². The van der Waals surface area contributed by atoms with E-state index in [4.69, 9.17) is 0 Å². The van der Waals surface area contributed by atoms with Crippen molar-refractivity contribution in [2.45, 2.75) is 13.8 Å². The van der Waals surface area contributed by atoms with Crippen LogP contribution in [0.15, 0.2) is 48.5 Å². The highest BCUT2D eigenvalue weighted by molar-refractivity contribution is 5.84. The van der Waals surface area contributed by atoms with Crippen LogP contribution in [0, 0.1) is 11.8 Å². The van der Waals surface area contributed by atoms with E-state index in [1.165, 1.54) is 28.2 Å². The summed E-state index contributed by atoms with van der Waals surface area (Å²) in [4.78, 5) is 0. The fourth-order valence-corrected chi connectivity index (χ4v) is 2.67. The summed E-state index contributed by atoms with van der Waals surface area (Å²) in [6.45, 7) is 4.54. The van der Waals surface area contributed by atoms with Crippen LogP contribution in [-0.2, 0) is 0 Å². The minimum atomic E-state index is 0.574. The van der Waals surface area contributed by atoms with Crippen LogP contribution in [0.2, 0.25) is 0 Å². The Morgan fingerprint density at radius 1 is 0.750 bits per heavy atom. The average molecular weight is 207 g/mol. The highest BCUT2D eigenvalue weighted by Gasteiger charge is 2.37. The standard InChI is InChI=1S/C16H15/c1-11(2)16-14-9-5-3-7-12(14)13-8-4-6-10-15(13)16/h3-11H,1-2H3/q+1. The Kier molecular flexibility index (Phi) is 2.03. The van der Waals surface area contributed by atoms with E-state index in [-0.39, 0.29) is 0 Å². The third-order valence-corrected chi connectivity index (χ3v) is 3.30. The van der Waals surface area contributed by atoms with E-state index in [2.05, 4.69) is 62.4 Å². The summed E-state index contributed by atoms with van der Waals surface area (Å²) >= 11 is 0. The van der Waals surface area contributed by atoms with E-state index < -0.39 is 0 Å². The molecule has 0 aromatic heterocycles. The van der Waals surface area contributed by atoms with E-state index in [9.17, 15) is 0 Å². The summed E-state index contributed by atoms with van der Waals surface area (Å²) in [5.74, 6) is 2.07. The van der Waals surface area contributed by atoms with Crippen LogP contribution in [0.5, 0.6) is 0 Å². The van der Waals surface area contributed by atoms with Gasteiger partial charge in [-0.25, -0.2) is 0 Å². The lowest BCUT2D eigenvalue weighted by molar-refractivity contribution is 0.717. The highest BCUT2D eigenvalue weighted by Crippen LogP contribution is 2.46. The predicted molar refractivity (Wildman–Crippen MR) is 68.2 cm³/mol. The van der Waals surface area contributed by atoms with Gasteiger partial charge >= 0.3 is 0 Å². The van der Waals surface area contributed by atoms with Crippen molar-refractivity contribution in [1.82, 2.24) is 0 Å². The van der Waals surface area contributed by atoms with Gasteiger partial charge in [0.05, 0.1) is 22.3 Å². The van der Waals surface area contributed by atoms with Gasteiger partial charge in [0.1, 0.15) is 0 Å².